The third kappa shape index (κ3) is 4.60. The highest BCUT2D eigenvalue weighted by atomic mass is 16.5. The van der Waals surface area contributed by atoms with Gasteiger partial charge in [0.05, 0.1) is 6.10 Å². The second-order valence-corrected chi connectivity index (χ2v) is 7.07. The van der Waals surface area contributed by atoms with E-state index in [1.807, 2.05) is 31.2 Å². The Hall–Kier alpha value is -1.88. The molecule has 1 aliphatic carbocycles. The second-order valence-electron chi connectivity index (χ2n) is 7.07. The first-order valence-corrected chi connectivity index (χ1v) is 9.49. The smallest absolute Gasteiger partial charge is 0.249 e. The lowest BCUT2D eigenvalue weighted by Gasteiger charge is -2.28. The van der Waals surface area contributed by atoms with Crippen LogP contribution in [-0.2, 0) is 14.3 Å². The Morgan fingerprint density at radius 1 is 1.28 bits per heavy atom. The summed E-state index contributed by atoms with van der Waals surface area (Å²) in [7, 11) is 0. The fourth-order valence-electron chi connectivity index (χ4n) is 3.80. The molecule has 2 atom stereocenters. The molecule has 0 bridgehead atoms. The molecule has 0 spiro atoms. The molecular formula is C20H28N2O3. The van der Waals surface area contributed by atoms with E-state index in [9.17, 15) is 9.59 Å². The average Bonchev–Trinajstić information content (AvgIpc) is 2.64. The zero-order valence-corrected chi connectivity index (χ0v) is 14.9. The normalized spacial score (nSPS) is 22.0. The molecule has 1 fully saturated rings. The summed E-state index contributed by atoms with van der Waals surface area (Å²) >= 11 is 0. The van der Waals surface area contributed by atoms with Crippen molar-refractivity contribution in [3.8, 4) is 0 Å². The van der Waals surface area contributed by atoms with Gasteiger partial charge in [-0.25, -0.2) is 0 Å². The lowest BCUT2D eigenvalue weighted by Crippen LogP contribution is -2.41. The predicted octanol–water partition coefficient (Wildman–Crippen LogP) is 3.36. The molecule has 2 N–H and O–H groups in total. The SMILES string of the molecule is CC[C@@H](OC1CCCCC1)C(=O)NC[C@H]1CC(=O)Nc2ccccc21. The van der Waals surface area contributed by atoms with E-state index in [1.165, 1.54) is 19.3 Å². The molecule has 1 saturated carbocycles. The highest BCUT2D eigenvalue weighted by Gasteiger charge is 2.27. The summed E-state index contributed by atoms with van der Waals surface area (Å²) in [6.07, 6.45) is 6.65. The number of hydrogen-bond acceptors (Lipinski definition) is 3. The standard InChI is InChI=1S/C20H28N2O3/c1-2-18(25-15-8-4-3-5-9-15)20(24)21-13-14-12-19(23)22-17-11-7-6-10-16(14)17/h6-7,10-11,14-15,18H,2-5,8-9,12-13H2,1H3,(H,21,24)(H,22,23)/t14-,18-/m1/s1. The Balaban J connectivity index is 1.56. The molecular weight excluding hydrogens is 316 g/mol. The number of fused-ring (bicyclic) bond motifs is 1. The van der Waals surface area contributed by atoms with Gasteiger partial charge < -0.3 is 15.4 Å². The molecule has 0 radical (unpaired) electrons. The monoisotopic (exact) mass is 344 g/mol. The molecule has 0 saturated heterocycles. The molecule has 1 aromatic rings. The van der Waals surface area contributed by atoms with E-state index in [4.69, 9.17) is 4.74 Å². The van der Waals surface area contributed by atoms with Gasteiger partial charge in [0.2, 0.25) is 11.8 Å². The molecule has 3 rings (SSSR count). The molecule has 0 aromatic heterocycles. The molecule has 1 aliphatic heterocycles. The van der Waals surface area contributed by atoms with Crippen LogP contribution in [0.5, 0.6) is 0 Å². The summed E-state index contributed by atoms with van der Waals surface area (Å²) in [5.41, 5.74) is 1.94. The lowest BCUT2D eigenvalue weighted by atomic mass is 9.90. The van der Waals surface area contributed by atoms with Crippen LogP contribution in [0.25, 0.3) is 0 Å². The van der Waals surface area contributed by atoms with E-state index >= 15 is 0 Å². The number of carbonyl (C=O) groups is 2. The van der Waals surface area contributed by atoms with Crippen LogP contribution in [0.4, 0.5) is 5.69 Å². The molecule has 136 valence electrons. The first-order chi connectivity index (χ1) is 12.2. The molecule has 2 aliphatic rings. The van der Waals surface area contributed by atoms with Gasteiger partial charge in [0.1, 0.15) is 6.10 Å². The van der Waals surface area contributed by atoms with Crippen LogP contribution in [0, 0.1) is 0 Å². The zero-order valence-electron chi connectivity index (χ0n) is 14.9. The van der Waals surface area contributed by atoms with E-state index in [0.29, 0.717) is 19.4 Å². The van der Waals surface area contributed by atoms with Crippen LogP contribution in [0.3, 0.4) is 0 Å². The van der Waals surface area contributed by atoms with Crippen LogP contribution in [-0.4, -0.2) is 30.6 Å². The minimum absolute atomic E-state index is 0.00319. The van der Waals surface area contributed by atoms with Crippen molar-refractivity contribution in [2.75, 3.05) is 11.9 Å². The van der Waals surface area contributed by atoms with Gasteiger partial charge in [0.25, 0.3) is 0 Å². The number of ether oxygens (including phenoxy) is 1. The molecule has 1 aromatic carbocycles. The number of hydrogen-bond donors (Lipinski definition) is 2. The summed E-state index contributed by atoms with van der Waals surface area (Å²) in [6, 6.07) is 7.79. The number of amides is 2. The number of anilines is 1. The Morgan fingerprint density at radius 2 is 2.04 bits per heavy atom. The third-order valence-corrected chi connectivity index (χ3v) is 5.20. The van der Waals surface area contributed by atoms with E-state index < -0.39 is 6.10 Å². The molecule has 2 amide bonds. The van der Waals surface area contributed by atoms with Crippen molar-refractivity contribution >= 4 is 17.5 Å². The third-order valence-electron chi connectivity index (χ3n) is 5.20. The molecule has 0 unspecified atom stereocenters. The van der Waals surface area contributed by atoms with Gasteiger partial charge in [0, 0.05) is 24.6 Å². The molecule has 5 nitrogen and oxygen atoms in total. The van der Waals surface area contributed by atoms with Crippen molar-refractivity contribution in [1.82, 2.24) is 5.32 Å². The summed E-state index contributed by atoms with van der Waals surface area (Å²) < 4.78 is 6.04. The fourth-order valence-corrected chi connectivity index (χ4v) is 3.80. The van der Waals surface area contributed by atoms with Crippen LogP contribution in [0.15, 0.2) is 24.3 Å². The van der Waals surface area contributed by atoms with Crippen molar-refractivity contribution < 1.29 is 14.3 Å². The van der Waals surface area contributed by atoms with Crippen LogP contribution in [0.2, 0.25) is 0 Å². The van der Waals surface area contributed by atoms with Crippen molar-refractivity contribution in [2.45, 2.75) is 70.0 Å². The Morgan fingerprint density at radius 3 is 2.80 bits per heavy atom. The first-order valence-electron chi connectivity index (χ1n) is 9.49. The predicted molar refractivity (Wildman–Crippen MR) is 97.5 cm³/mol. The quantitative estimate of drug-likeness (QED) is 0.831. The van der Waals surface area contributed by atoms with Crippen molar-refractivity contribution in [3.05, 3.63) is 29.8 Å². The largest absolute Gasteiger partial charge is 0.365 e. The van der Waals surface area contributed by atoms with E-state index in [2.05, 4.69) is 10.6 Å². The molecule has 5 heteroatoms. The summed E-state index contributed by atoms with van der Waals surface area (Å²) in [6.45, 7) is 2.45. The number of nitrogens with one attached hydrogen (secondary N) is 2. The Labute approximate surface area is 149 Å². The lowest BCUT2D eigenvalue weighted by molar-refractivity contribution is -0.138. The number of para-hydroxylation sites is 1. The van der Waals surface area contributed by atoms with Gasteiger partial charge in [-0.05, 0) is 30.9 Å². The first kappa shape index (κ1) is 17.9. The molecule has 25 heavy (non-hydrogen) atoms. The van der Waals surface area contributed by atoms with Gasteiger partial charge in [-0.15, -0.1) is 0 Å². The maximum absolute atomic E-state index is 12.5. The fraction of sp³-hybridized carbons (Fsp3) is 0.600. The van der Waals surface area contributed by atoms with E-state index in [0.717, 1.165) is 24.1 Å². The summed E-state index contributed by atoms with van der Waals surface area (Å²) in [5.74, 6) is -0.0407. The molecule has 1 heterocycles. The van der Waals surface area contributed by atoms with Crippen LogP contribution in [0.1, 0.15) is 63.4 Å². The highest BCUT2D eigenvalue weighted by molar-refractivity contribution is 5.94. The van der Waals surface area contributed by atoms with Gasteiger partial charge in [-0.2, -0.15) is 0 Å². The average molecular weight is 344 g/mol. The maximum Gasteiger partial charge on any atom is 0.249 e. The minimum Gasteiger partial charge on any atom is -0.365 e. The highest BCUT2D eigenvalue weighted by Crippen LogP contribution is 2.31. The van der Waals surface area contributed by atoms with Crippen molar-refractivity contribution in [1.29, 1.82) is 0 Å². The van der Waals surface area contributed by atoms with Gasteiger partial charge in [-0.3, -0.25) is 9.59 Å². The van der Waals surface area contributed by atoms with E-state index in [-0.39, 0.29) is 23.8 Å². The number of benzene rings is 1. The van der Waals surface area contributed by atoms with E-state index in [1.54, 1.807) is 0 Å². The van der Waals surface area contributed by atoms with Crippen LogP contribution >= 0.6 is 0 Å². The maximum atomic E-state index is 12.5. The summed E-state index contributed by atoms with van der Waals surface area (Å²) in [4.78, 5) is 24.4. The topological polar surface area (TPSA) is 67.4 Å². The summed E-state index contributed by atoms with van der Waals surface area (Å²) in [5, 5.41) is 5.90. The van der Waals surface area contributed by atoms with Crippen molar-refractivity contribution in [2.24, 2.45) is 0 Å². The zero-order chi connectivity index (χ0) is 17.6. The number of rotatable bonds is 6. The number of carbonyl (C=O) groups excluding carboxylic acids is 2. The minimum atomic E-state index is -0.393. The second kappa shape index (κ2) is 8.48. The van der Waals surface area contributed by atoms with Gasteiger partial charge in [-0.1, -0.05) is 44.4 Å². The van der Waals surface area contributed by atoms with Gasteiger partial charge in [0.15, 0.2) is 0 Å². The van der Waals surface area contributed by atoms with Gasteiger partial charge >= 0.3 is 0 Å². The van der Waals surface area contributed by atoms with Crippen molar-refractivity contribution in [3.63, 3.8) is 0 Å². The van der Waals surface area contributed by atoms with Crippen LogP contribution < -0.4 is 10.6 Å². The Kier molecular flexibility index (Phi) is 6.08. The Bertz CT molecular complexity index is 611.